The van der Waals surface area contributed by atoms with E-state index in [1.165, 1.54) is 7.11 Å². The monoisotopic (exact) mass is 389 g/mol. The average Bonchev–Trinajstić information content (AvgIpc) is 2.86. The molecule has 1 aromatic carbocycles. The lowest BCUT2D eigenvalue weighted by Crippen LogP contribution is -2.40. The lowest BCUT2D eigenvalue weighted by atomic mass is 10.1. The smallest absolute Gasteiger partial charge is 0.246 e. The summed E-state index contributed by atoms with van der Waals surface area (Å²) in [6.07, 6.45) is 1.58. The van der Waals surface area contributed by atoms with Crippen LogP contribution in [0.2, 0.25) is 0 Å². The minimum absolute atomic E-state index is 0.0120. The van der Waals surface area contributed by atoms with E-state index in [9.17, 15) is 8.42 Å². The van der Waals surface area contributed by atoms with Gasteiger partial charge in [0.2, 0.25) is 21.9 Å². The molecule has 2 heterocycles. The maximum atomic E-state index is 12.8. The summed E-state index contributed by atoms with van der Waals surface area (Å²) in [5.41, 5.74) is 8.28. The molecule has 0 atom stereocenters. The van der Waals surface area contributed by atoms with Crippen molar-refractivity contribution < 1.29 is 13.2 Å². The Labute approximate surface area is 158 Å². The third-order valence-electron chi connectivity index (χ3n) is 3.99. The van der Waals surface area contributed by atoms with Crippen LogP contribution in [-0.2, 0) is 17.1 Å². The largest absolute Gasteiger partial charge is 0.480 e. The van der Waals surface area contributed by atoms with Gasteiger partial charge in [-0.25, -0.2) is 23.1 Å². The molecule has 0 fully saturated rings. The summed E-state index contributed by atoms with van der Waals surface area (Å²) in [4.78, 5) is 8.45. The van der Waals surface area contributed by atoms with Gasteiger partial charge in [0, 0.05) is 24.3 Å². The molecule has 3 aromatic rings. The van der Waals surface area contributed by atoms with Crippen molar-refractivity contribution in [3.8, 4) is 17.0 Å². The number of rotatable bonds is 4. The third-order valence-corrected chi connectivity index (χ3v) is 5.74. The number of hydrogen-bond acceptors (Lipinski definition) is 6. The van der Waals surface area contributed by atoms with Crippen LogP contribution in [0.1, 0.15) is 20.8 Å². The van der Waals surface area contributed by atoms with Crippen LogP contribution in [0.3, 0.4) is 0 Å². The highest BCUT2D eigenvalue weighted by Gasteiger charge is 2.26. The summed E-state index contributed by atoms with van der Waals surface area (Å²) in [7, 11) is -0.598. The number of nitrogen functional groups attached to an aromatic ring is 1. The third kappa shape index (κ3) is 3.74. The molecular formula is C18H23N5O3S. The van der Waals surface area contributed by atoms with Gasteiger partial charge in [-0.2, -0.15) is 0 Å². The van der Waals surface area contributed by atoms with Crippen molar-refractivity contribution in [2.45, 2.75) is 31.2 Å². The number of anilines is 1. The SMILES string of the molecule is COc1ncc(-c2ccc3nc(N)n(C)c3c2)cc1S(=O)(=O)NC(C)(C)C. The first-order valence-corrected chi connectivity index (χ1v) is 9.80. The van der Waals surface area contributed by atoms with Crippen LogP contribution in [0, 0.1) is 0 Å². The average molecular weight is 389 g/mol. The maximum absolute atomic E-state index is 12.8. The number of hydrogen-bond donors (Lipinski definition) is 2. The van der Waals surface area contributed by atoms with Gasteiger partial charge >= 0.3 is 0 Å². The van der Waals surface area contributed by atoms with Gasteiger partial charge in [0.05, 0.1) is 18.1 Å². The molecule has 0 saturated carbocycles. The molecular weight excluding hydrogens is 366 g/mol. The highest BCUT2D eigenvalue weighted by Crippen LogP contribution is 2.30. The van der Waals surface area contributed by atoms with E-state index in [0.29, 0.717) is 11.5 Å². The number of nitrogens with one attached hydrogen (secondary N) is 1. The molecule has 0 unspecified atom stereocenters. The Morgan fingerprint density at radius 2 is 1.89 bits per heavy atom. The normalized spacial score (nSPS) is 12.5. The molecule has 0 aliphatic heterocycles. The quantitative estimate of drug-likeness (QED) is 0.708. The Hall–Kier alpha value is -2.65. The fourth-order valence-electron chi connectivity index (χ4n) is 2.78. The molecule has 0 aliphatic rings. The first kappa shape index (κ1) is 19.1. The number of ether oxygens (including phenoxy) is 1. The Morgan fingerprint density at radius 1 is 1.19 bits per heavy atom. The van der Waals surface area contributed by atoms with E-state index in [0.717, 1.165) is 16.6 Å². The van der Waals surface area contributed by atoms with Gasteiger partial charge in [-0.1, -0.05) is 6.07 Å². The van der Waals surface area contributed by atoms with E-state index in [2.05, 4.69) is 14.7 Å². The fourth-order valence-corrected chi connectivity index (χ4v) is 4.35. The summed E-state index contributed by atoms with van der Waals surface area (Å²) in [6, 6.07) is 7.15. The summed E-state index contributed by atoms with van der Waals surface area (Å²) in [6.45, 7) is 5.32. The number of sulfonamides is 1. The summed E-state index contributed by atoms with van der Waals surface area (Å²) < 4.78 is 35.2. The molecule has 144 valence electrons. The zero-order chi connectivity index (χ0) is 20.0. The van der Waals surface area contributed by atoms with E-state index >= 15 is 0 Å². The Kier molecular flexibility index (Phi) is 4.61. The number of imidazole rings is 1. The van der Waals surface area contributed by atoms with Crippen LogP contribution in [-0.4, -0.2) is 35.6 Å². The van der Waals surface area contributed by atoms with Crippen LogP contribution in [0.15, 0.2) is 35.4 Å². The van der Waals surface area contributed by atoms with Gasteiger partial charge in [0.25, 0.3) is 0 Å². The Balaban J connectivity index is 2.14. The lowest BCUT2D eigenvalue weighted by Gasteiger charge is -2.21. The standard InChI is InChI=1S/C18H23N5O3S/c1-18(2,3)22-27(24,25)15-9-12(10-20-16(15)26-5)11-6-7-13-14(8-11)23(4)17(19)21-13/h6-10,22H,1-5H3,(H2,19,21). The number of aromatic nitrogens is 3. The topological polar surface area (TPSA) is 112 Å². The minimum Gasteiger partial charge on any atom is -0.480 e. The first-order chi connectivity index (χ1) is 12.5. The predicted molar refractivity (Wildman–Crippen MR) is 105 cm³/mol. The van der Waals surface area contributed by atoms with Gasteiger partial charge < -0.3 is 15.0 Å². The van der Waals surface area contributed by atoms with Crippen molar-refractivity contribution in [2.75, 3.05) is 12.8 Å². The molecule has 27 heavy (non-hydrogen) atoms. The van der Waals surface area contributed by atoms with Gasteiger partial charge in [-0.05, 0) is 44.5 Å². The molecule has 0 radical (unpaired) electrons. The van der Waals surface area contributed by atoms with E-state index in [1.807, 2.05) is 25.2 Å². The van der Waals surface area contributed by atoms with Crippen molar-refractivity contribution in [1.29, 1.82) is 0 Å². The zero-order valence-corrected chi connectivity index (χ0v) is 16.8. The van der Waals surface area contributed by atoms with E-state index in [4.69, 9.17) is 10.5 Å². The number of methoxy groups -OCH3 is 1. The Morgan fingerprint density at radius 3 is 2.52 bits per heavy atom. The predicted octanol–water partition coefficient (Wildman–Crippen LogP) is 2.30. The second-order valence-corrected chi connectivity index (χ2v) is 8.97. The van der Waals surface area contributed by atoms with Gasteiger partial charge in [-0.15, -0.1) is 0 Å². The summed E-state index contributed by atoms with van der Waals surface area (Å²) >= 11 is 0. The number of benzene rings is 1. The molecule has 3 rings (SSSR count). The maximum Gasteiger partial charge on any atom is 0.246 e. The van der Waals surface area contributed by atoms with Gasteiger partial charge in [-0.3, -0.25) is 0 Å². The van der Waals surface area contributed by atoms with Crippen molar-refractivity contribution in [3.05, 3.63) is 30.5 Å². The summed E-state index contributed by atoms with van der Waals surface area (Å²) in [5.74, 6) is 0.453. The number of fused-ring (bicyclic) bond motifs is 1. The van der Waals surface area contributed by atoms with Crippen molar-refractivity contribution in [2.24, 2.45) is 7.05 Å². The van der Waals surface area contributed by atoms with Gasteiger partial charge in [0.15, 0.2) is 0 Å². The van der Waals surface area contributed by atoms with E-state index < -0.39 is 15.6 Å². The van der Waals surface area contributed by atoms with E-state index in [-0.39, 0.29) is 10.8 Å². The van der Waals surface area contributed by atoms with Crippen LogP contribution >= 0.6 is 0 Å². The molecule has 0 aliphatic carbocycles. The first-order valence-electron chi connectivity index (χ1n) is 8.32. The van der Waals surface area contributed by atoms with Crippen LogP contribution in [0.4, 0.5) is 5.95 Å². The van der Waals surface area contributed by atoms with Crippen LogP contribution < -0.4 is 15.2 Å². The molecule has 0 spiro atoms. The molecule has 0 bridgehead atoms. The van der Waals surface area contributed by atoms with Crippen molar-refractivity contribution in [1.82, 2.24) is 19.3 Å². The number of nitrogens with two attached hydrogens (primary N) is 1. The zero-order valence-electron chi connectivity index (χ0n) is 15.9. The van der Waals surface area contributed by atoms with E-state index in [1.54, 1.807) is 37.6 Å². The minimum atomic E-state index is -3.81. The lowest BCUT2D eigenvalue weighted by molar-refractivity contribution is 0.384. The molecule has 2 aromatic heterocycles. The highest BCUT2D eigenvalue weighted by molar-refractivity contribution is 7.89. The molecule has 9 heteroatoms. The second kappa shape index (κ2) is 6.50. The highest BCUT2D eigenvalue weighted by atomic mass is 32.2. The summed E-state index contributed by atoms with van der Waals surface area (Å²) in [5, 5.41) is 0. The second-order valence-electron chi connectivity index (χ2n) is 7.32. The van der Waals surface area contributed by atoms with Crippen molar-refractivity contribution in [3.63, 3.8) is 0 Å². The van der Waals surface area contributed by atoms with Crippen LogP contribution in [0.25, 0.3) is 22.2 Å². The fraction of sp³-hybridized carbons (Fsp3) is 0.333. The van der Waals surface area contributed by atoms with Crippen molar-refractivity contribution >= 4 is 27.0 Å². The molecule has 8 nitrogen and oxygen atoms in total. The molecule has 0 amide bonds. The van der Waals surface area contributed by atoms with Crippen LogP contribution in [0.5, 0.6) is 5.88 Å². The Bertz CT molecular complexity index is 1110. The number of pyridine rings is 1. The number of aryl methyl sites for hydroxylation is 1. The molecule has 0 saturated heterocycles. The number of nitrogens with zero attached hydrogens (tertiary/aromatic N) is 3. The van der Waals surface area contributed by atoms with Gasteiger partial charge in [0.1, 0.15) is 4.90 Å². The molecule has 3 N–H and O–H groups in total.